The Bertz CT molecular complexity index is 514. The number of hydrogen-bond donors (Lipinski definition) is 2. The molecule has 0 atom stereocenters. The molecule has 0 radical (unpaired) electrons. The molecule has 10 heteroatoms. The third kappa shape index (κ3) is 12.1. The summed E-state index contributed by atoms with van der Waals surface area (Å²) in [6.07, 6.45) is -4.34. The van der Waals surface area contributed by atoms with Gasteiger partial charge >= 0.3 is 6.18 Å². The maximum atomic E-state index is 12.1. The van der Waals surface area contributed by atoms with Gasteiger partial charge in [-0.15, -0.1) is 24.0 Å². The van der Waals surface area contributed by atoms with Gasteiger partial charge in [-0.05, 0) is 17.7 Å². The molecule has 0 heterocycles. The number of hydrogen-bond acceptors (Lipinski definition) is 4. The minimum absolute atomic E-state index is 0. The third-order valence-corrected chi connectivity index (χ3v) is 2.98. The Labute approximate surface area is 168 Å². The highest BCUT2D eigenvalue weighted by molar-refractivity contribution is 14.0. The van der Waals surface area contributed by atoms with Gasteiger partial charge in [0.05, 0.1) is 19.8 Å². The van der Waals surface area contributed by atoms with E-state index in [-0.39, 0.29) is 29.7 Å². The van der Waals surface area contributed by atoms with Gasteiger partial charge in [0.15, 0.2) is 12.6 Å². The first-order valence-corrected chi connectivity index (χ1v) is 7.74. The van der Waals surface area contributed by atoms with Crippen molar-refractivity contribution in [2.45, 2.75) is 12.7 Å². The molecule has 0 aromatic heterocycles. The number of nitrogens with one attached hydrogen (secondary N) is 2. The smallest absolute Gasteiger partial charge is 0.422 e. The van der Waals surface area contributed by atoms with Crippen LogP contribution in [0.3, 0.4) is 0 Å². The van der Waals surface area contributed by atoms with E-state index in [4.69, 9.17) is 9.47 Å². The summed E-state index contributed by atoms with van der Waals surface area (Å²) in [4.78, 5) is 4.08. The van der Waals surface area contributed by atoms with Gasteiger partial charge in [-0.2, -0.15) is 13.2 Å². The number of nitrogens with zero attached hydrogens (tertiary/aromatic N) is 1. The van der Waals surface area contributed by atoms with Crippen LogP contribution in [-0.2, 0) is 16.0 Å². The first kappa shape index (κ1) is 24.7. The van der Waals surface area contributed by atoms with Gasteiger partial charge in [0.25, 0.3) is 0 Å². The average molecular weight is 491 g/mol. The molecule has 150 valence electrons. The molecule has 1 aromatic carbocycles. The Kier molecular flexibility index (Phi) is 13.2. The van der Waals surface area contributed by atoms with Crippen LogP contribution in [0.5, 0.6) is 5.75 Å². The Morgan fingerprint density at radius 3 is 2.35 bits per heavy atom. The molecule has 1 rings (SSSR count). The topological polar surface area (TPSA) is 64.1 Å². The molecule has 0 bridgehead atoms. The average Bonchev–Trinajstić information content (AvgIpc) is 2.59. The Morgan fingerprint density at radius 2 is 1.77 bits per heavy atom. The number of ether oxygens (including phenoxy) is 3. The molecular formula is C16H25F3IN3O3. The number of aliphatic imine (C=N–C) groups is 1. The van der Waals surface area contributed by atoms with Crippen molar-refractivity contribution >= 4 is 29.9 Å². The van der Waals surface area contributed by atoms with Crippen LogP contribution in [0.4, 0.5) is 13.2 Å². The van der Waals surface area contributed by atoms with E-state index in [1.807, 2.05) is 0 Å². The highest BCUT2D eigenvalue weighted by atomic mass is 127. The van der Waals surface area contributed by atoms with Crippen molar-refractivity contribution in [3.63, 3.8) is 0 Å². The summed E-state index contributed by atoms with van der Waals surface area (Å²) in [5.74, 6) is 0.782. The van der Waals surface area contributed by atoms with Crippen LogP contribution in [0.1, 0.15) is 5.56 Å². The molecule has 0 amide bonds. The zero-order chi connectivity index (χ0) is 18.5. The summed E-state index contributed by atoms with van der Waals surface area (Å²) >= 11 is 0. The van der Waals surface area contributed by atoms with Gasteiger partial charge in [-0.25, -0.2) is 0 Å². The second-order valence-electron chi connectivity index (χ2n) is 5.01. The van der Waals surface area contributed by atoms with Crippen LogP contribution in [0.25, 0.3) is 0 Å². The zero-order valence-corrected chi connectivity index (χ0v) is 17.1. The summed E-state index contributed by atoms with van der Waals surface area (Å²) in [6.45, 7) is 1.38. The van der Waals surface area contributed by atoms with Crippen LogP contribution in [0.2, 0.25) is 0 Å². The predicted octanol–water partition coefficient (Wildman–Crippen LogP) is 2.57. The zero-order valence-electron chi connectivity index (χ0n) is 14.8. The summed E-state index contributed by atoms with van der Waals surface area (Å²) in [5, 5.41) is 6.19. The van der Waals surface area contributed by atoms with Crippen LogP contribution >= 0.6 is 24.0 Å². The van der Waals surface area contributed by atoms with E-state index in [9.17, 15) is 13.2 Å². The maximum Gasteiger partial charge on any atom is 0.422 e. The molecule has 0 spiro atoms. The van der Waals surface area contributed by atoms with Crippen molar-refractivity contribution in [3.05, 3.63) is 29.8 Å². The van der Waals surface area contributed by atoms with Crippen molar-refractivity contribution < 1.29 is 27.4 Å². The molecule has 0 aliphatic carbocycles. The number of benzene rings is 1. The van der Waals surface area contributed by atoms with Gasteiger partial charge in [0.1, 0.15) is 5.75 Å². The fraction of sp³-hybridized carbons (Fsp3) is 0.562. The minimum atomic E-state index is -4.34. The van der Waals surface area contributed by atoms with Crippen molar-refractivity contribution in [1.29, 1.82) is 0 Å². The fourth-order valence-electron chi connectivity index (χ4n) is 1.76. The second-order valence-corrected chi connectivity index (χ2v) is 5.01. The molecule has 0 aliphatic rings. The van der Waals surface area contributed by atoms with E-state index in [1.54, 1.807) is 26.3 Å². The molecule has 6 nitrogen and oxygen atoms in total. The summed E-state index contributed by atoms with van der Waals surface area (Å²) in [5.41, 5.74) is 0.888. The summed E-state index contributed by atoms with van der Waals surface area (Å²) < 4.78 is 51.1. The number of halogens is 4. The van der Waals surface area contributed by atoms with E-state index in [2.05, 4.69) is 20.4 Å². The first-order valence-electron chi connectivity index (χ1n) is 7.74. The molecular weight excluding hydrogens is 466 g/mol. The number of methoxy groups -OCH3 is 1. The van der Waals surface area contributed by atoms with Gasteiger partial charge in [0.2, 0.25) is 0 Å². The third-order valence-electron chi connectivity index (χ3n) is 2.98. The van der Waals surface area contributed by atoms with Crippen LogP contribution in [-0.4, -0.2) is 59.3 Å². The van der Waals surface area contributed by atoms with Crippen molar-refractivity contribution in [2.24, 2.45) is 4.99 Å². The van der Waals surface area contributed by atoms with E-state index in [0.717, 1.165) is 5.56 Å². The molecule has 2 N–H and O–H groups in total. The van der Waals surface area contributed by atoms with E-state index in [1.165, 1.54) is 12.1 Å². The van der Waals surface area contributed by atoms with E-state index >= 15 is 0 Å². The number of guanidine groups is 1. The lowest BCUT2D eigenvalue weighted by atomic mass is 10.2. The van der Waals surface area contributed by atoms with Gasteiger partial charge in [-0.3, -0.25) is 4.99 Å². The summed E-state index contributed by atoms with van der Waals surface area (Å²) in [6, 6.07) is 6.39. The van der Waals surface area contributed by atoms with Crippen molar-refractivity contribution in [1.82, 2.24) is 10.6 Å². The fourth-order valence-corrected chi connectivity index (χ4v) is 1.76. The SMILES string of the molecule is CN=C(NCCOCCOC)NCc1ccc(OCC(F)(F)F)cc1.I. The first-order chi connectivity index (χ1) is 11.9. The van der Waals surface area contributed by atoms with E-state index in [0.29, 0.717) is 38.9 Å². The molecule has 1 aromatic rings. The lowest BCUT2D eigenvalue weighted by molar-refractivity contribution is -0.153. The quantitative estimate of drug-likeness (QED) is 0.228. The molecule has 0 saturated carbocycles. The lowest BCUT2D eigenvalue weighted by Gasteiger charge is -2.13. The largest absolute Gasteiger partial charge is 0.484 e. The molecule has 26 heavy (non-hydrogen) atoms. The van der Waals surface area contributed by atoms with Crippen molar-refractivity contribution in [2.75, 3.05) is 47.1 Å². The molecule has 0 aliphatic heterocycles. The van der Waals surface area contributed by atoms with Gasteiger partial charge < -0.3 is 24.8 Å². The standard InChI is InChI=1S/C16H24F3N3O3.HI/c1-20-15(21-7-8-24-10-9-23-2)22-11-13-3-5-14(6-4-13)25-12-16(17,18)19;/h3-6H,7-12H2,1-2H3,(H2,20,21,22);1H. The monoisotopic (exact) mass is 491 g/mol. The highest BCUT2D eigenvalue weighted by Gasteiger charge is 2.28. The van der Waals surface area contributed by atoms with Gasteiger partial charge in [-0.1, -0.05) is 12.1 Å². The van der Waals surface area contributed by atoms with Crippen LogP contribution in [0, 0.1) is 0 Å². The summed E-state index contributed by atoms with van der Waals surface area (Å²) in [7, 11) is 3.26. The predicted molar refractivity (Wildman–Crippen MR) is 104 cm³/mol. The molecule has 0 unspecified atom stereocenters. The van der Waals surface area contributed by atoms with Gasteiger partial charge in [0, 0.05) is 27.2 Å². The molecule has 0 fully saturated rings. The number of alkyl halides is 3. The Hall–Kier alpha value is -1.27. The second kappa shape index (κ2) is 13.9. The van der Waals surface area contributed by atoms with Crippen molar-refractivity contribution in [3.8, 4) is 5.75 Å². The Balaban J connectivity index is 0.00000625. The van der Waals surface area contributed by atoms with E-state index < -0.39 is 12.8 Å². The molecule has 0 saturated heterocycles. The normalized spacial score (nSPS) is 11.7. The van der Waals surface area contributed by atoms with Crippen LogP contribution in [0.15, 0.2) is 29.3 Å². The minimum Gasteiger partial charge on any atom is -0.484 e. The number of rotatable bonds is 10. The maximum absolute atomic E-state index is 12.1. The highest BCUT2D eigenvalue weighted by Crippen LogP contribution is 2.18. The van der Waals surface area contributed by atoms with Crippen LogP contribution < -0.4 is 15.4 Å². The lowest BCUT2D eigenvalue weighted by Crippen LogP contribution is -2.38. The Morgan fingerprint density at radius 1 is 1.08 bits per heavy atom.